The molecule has 0 radical (unpaired) electrons. The van der Waals surface area contributed by atoms with Crippen LogP contribution in [-0.2, 0) is 9.47 Å². The molecule has 2 heterocycles. The average molecular weight is 417 g/mol. The first-order valence-electron chi connectivity index (χ1n) is 11.6. The highest BCUT2D eigenvalue weighted by atomic mass is 16.7. The number of piperidine rings is 2. The second-order valence-corrected chi connectivity index (χ2v) is 12.4. The van der Waals surface area contributed by atoms with Crippen LogP contribution in [0.15, 0.2) is 24.3 Å². The zero-order chi connectivity index (χ0) is 22.4. The highest BCUT2D eigenvalue weighted by Gasteiger charge is 2.42. The summed E-state index contributed by atoms with van der Waals surface area (Å²) >= 11 is 0. The molecule has 0 bridgehead atoms. The Hall–Kier alpha value is -0.940. The number of rotatable bonds is 5. The van der Waals surface area contributed by atoms with E-state index >= 15 is 0 Å². The van der Waals surface area contributed by atoms with Gasteiger partial charge in [0.25, 0.3) is 0 Å². The summed E-state index contributed by atoms with van der Waals surface area (Å²) in [5, 5.41) is 7.51. The van der Waals surface area contributed by atoms with E-state index in [2.05, 4.69) is 97.2 Å². The Morgan fingerprint density at radius 2 is 1.00 bits per heavy atom. The molecule has 1 aromatic carbocycles. The average Bonchev–Trinajstić information content (AvgIpc) is 2.48. The lowest BCUT2D eigenvalue weighted by atomic mass is 9.80. The van der Waals surface area contributed by atoms with Gasteiger partial charge in [-0.05, 0) is 88.0 Å². The van der Waals surface area contributed by atoms with Crippen LogP contribution in [0.1, 0.15) is 98.5 Å². The van der Waals surface area contributed by atoms with Crippen molar-refractivity contribution < 1.29 is 9.47 Å². The fourth-order valence-corrected chi connectivity index (χ4v) is 5.91. The summed E-state index contributed by atoms with van der Waals surface area (Å²) in [4.78, 5) is 0. The highest BCUT2D eigenvalue weighted by Crippen LogP contribution is 2.37. The number of nitrogens with one attached hydrogen (secondary N) is 2. The van der Waals surface area contributed by atoms with E-state index in [0.717, 1.165) is 31.2 Å². The van der Waals surface area contributed by atoms with Crippen LogP contribution in [0.4, 0.5) is 0 Å². The summed E-state index contributed by atoms with van der Waals surface area (Å²) in [6.07, 6.45) is 3.89. The smallest absolute Gasteiger partial charge is 0.184 e. The lowest BCUT2D eigenvalue weighted by Gasteiger charge is -2.48. The van der Waals surface area contributed by atoms with Crippen molar-refractivity contribution in [1.82, 2.24) is 10.6 Å². The first-order chi connectivity index (χ1) is 13.6. The van der Waals surface area contributed by atoms with Crippen LogP contribution < -0.4 is 10.6 Å². The van der Waals surface area contributed by atoms with Crippen molar-refractivity contribution in [3.05, 3.63) is 35.4 Å². The summed E-state index contributed by atoms with van der Waals surface area (Å²) < 4.78 is 13.5. The van der Waals surface area contributed by atoms with Crippen molar-refractivity contribution >= 4 is 0 Å². The quantitative estimate of drug-likeness (QED) is 0.609. The van der Waals surface area contributed by atoms with Gasteiger partial charge in [0.1, 0.15) is 0 Å². The summed E-state index contributed by atoms with van der Waals surface area (Å²) in [6.45, 7) is 20.3. The Morgan fingerprint density at radius 1 is 0.667 bits per heavy atom. The van der Waals surface area contributed by atoms with E-state index < -0.39 is 0 Å². The summed E-state index contributed by atoms with van der Waals surface area (Å²) in [7, 11) is 0. The number of hydrogen-bond donors (Lipinski definition) is 2. The molecule has 0 unspecified atom stereocenters. The van der Waals surface area contributed by atoms with Gasteiger partial charge in [0.05, 0.1) is 12.2 Å². The van der Waals surface area contributed by atoms with E-state index in [1.54, 1.807) is 0 Å². The molecule has 2 saturated heterocycles. The van der Waals surface area contributed by atoms with Gasteiger partial charge in [-0.15, -0.1) is 0 Å². The maximum Gasteiger partial charge on any atom is 0.184 e. The van der Waals surface area contributed by atoms with E-state index in [9.17, 15) is 0 Å². The van der Waals surface area contributed by atoms with Crippen molar-refractivity contribution in [2.24, 2.45) is 0 Å². The number of ether oxygens (including phenoxy) is 2. The molecule has 2 aliphatic heterocycles. The van der Waals surface area contributed by atoms with Crippen LogP contribution in [0.25, 0.3) is 0 Å². The molecule has 170 valence electrons. The molecule has 4 nitrogen and oxygen atoms in total. The molecule has 0 atom stereocenters. The molecule has 0 saturated carbocycles. The van der Waals surface area contributed by atoms with Crippen LogP contribution in [0.3, 0.4) is 0 Å². The fourth-order valence-electron chi connectivity index (χ4n) is 5.91. The van der Waals surface area contributed by atoms with Gasteiger partial charge in [-0.2, -0.15) is 0 Å². The topological polar surface area (TPSA) is 42.5 Å². The maximum atomic E-state index is 6.75. The minimum atomic E-state index is -0.338. The fraction of sp³-hybridized carbons (Fsp3) is 0.769. The molecule has 0 aliphatic carbocycles. The molecule has 30 heavy (non-hydrogen) atoms. The van der Waals surface area contributed by atoms with E-state index in [-0.39, 0.29) is 40.7 Å². The van der Waals surface area contributed by atoms with Crippen molar-refractivity contribution in [2.75, 3.05) is 0 Å². The van der Waals surface area contributed by atoms with Crippen molar-refractivity contribution in [2.45, 2.75) is 129 Å². The number of hydrogen-bond acceptors (Lipinski definition) is 4. The molecule has 0 amide bonds. The lowest BCUT2D eigenvalue weighted by molar-refractivity contribution is -0.222. The number of benzene rings is 1. The standard InChI is InChI=1S/C26H44N2O2/c1-18-10-12-19(13-11-18)22(29-20-14-23(2,3)27-24(4,5)15-20)30-21-16-25(6,7)28-26(8,9)17-21/h10-13,20-22,27-28H,14-17H2,1-9H3. The molecule has 2 N–H and O–H groups in total. The van der Waals surface area contributed by atoms with Gasteiger partial charge in [-0.25, -0.2) is 0 Å². The molecule has 4 heteroatoms. The zero-order valence-electron chi connectivity index (χ0n) is 20.7. The van der Waals surface area contributed by atoms with Gasteiger partial charge < -0.3 is 20.1 Å². The Balaban J connectivity index is 1.82. The molecule has 3 rings (SSSR count). The monoisotopic (exact) mass is 416 g/mol. The van der Waals surface area contributed by atoms with E-state index in [1.807, 2.05) is 0 Å². The minimum Gasteiger partial charge on any atom is -0.345 e. The molecule has 2 aliphatic rings. The Kier molecular flexibility index (Phi) is 6.48. The van der Waals surface area contributed by atoms with Crippen LogP contribution in [0.5, 0.6) is 0 Å². The predicted octanol–water partition coefficient (Wildman–Crippen LogP) is 5.65. The van der Waals surface area contributed by atoms with Crippen LogP contribution in [0, 0.1) is 6.92 Å². The van der Waals surface area contributed by atoms with E-state index in [4.69, 9.17) is 9.47 Å². The Bertz CT molecular complexity index is 649. The SMILES string of the molecule is Cc1ccc(C(OC2CC(C)(C)NC(C)(C)C2)OC2CC(C)(C)NC(C)(C)C2)cc1. The third-order valence-electron chi connectivity index (χ3n) is 6.29. The second kappa shape index (κ2) is 8.20. The first-order valence-corrected chi connectivity index (χ1v) is 11.6. The van der Waals surface area contributed by atoms with Crippen molar-refractivity contribution in [1.29, 1.82) is 0 Å². The molecule has 1 aromatic rings. The molecular formula is C26H44N2O2. The van der Waals surface area contributed by atoms with Crippen molar-refractivity contribution in [3.8, 4) is 0 Å². The van der Waals surface area contributed by atoms with Gasteiger partial charge in [0.2, 0.25) is 0 Å². The van der Waals surface area contributed by atoms with Gasteiger partial charge in [0.15, 0.2) is 6.29 Å². The first kappa shape index (κ1) is 23.7. The predicted molar refractivity (Wildman–Crippen MR) is 125 cm³/mol. The van der Waals surface area contributed by atoms with E-state index in [1.165, 1.54) is 5.56 Å². The zero-order valence-corrected chi connectivity index (χ0v) is 20.7. The molecular weight excluding hydrogens is 372 g/mol. The van der Waals surface area contributed by atoms with Crippen LogP contribution >= 0.6 is 0 Å². The minimum absolute atomic E-state index is 0.0446. The van der Waals surface area contributed by atoms with Crippen molar-refractivity contribution in [3.63, 3.8) is 0 Å². The molecule has 0 spiro atoms. The van der Waals surface area contributed by atoms with Crippen LogP contribution in [0.2, 0.25) is 0 Å². The van der Waals surface area contributed by atoms with Crippen LogP contribution in [-0.4, -0.2) is 34.4 Å². The third-order valence-corrected chi connectivity index (χ3v) is 6.29. The summed E-state index contributed by atoms with van der Waals surface area (Å²) in [5.74, 6) is 0. The molecule has 0 aromatic heterocycles. The lowest BCUT2D eigenvalue weighted by Crippen LogP contribution is -2.60. The third kappa shape index (κ3) is 6.53. The van der Waals surface area contributed by atoms with E-state index in [0.29, 0.717) is 0 Å². The number of aryl methyl sites for hydroxylation is 1. The molecule has 2 fully saturated rings. The van der Waals surface area contributed by atoms with Gasteiger partial charge in [-0.1, -0.05) is 29.8 Å². The Morgan fingerprint density at radius 3 is 1.33 bits per heavy atom. The normalized spacial score (nSPS) is 26.1. The van der Waals surface area contributed by atoms with Gasteiger partial charge in [-0.3, -0.25) is 0 Å². The van der Waals surface area contributed by atoms with Gasteiger partial charge in [0, 0.05) is 27.7 Å². The maximum absolute atomic E-state index is 6.75. The Labute approximate surface area is 184 Å². The summed E-state index contributed by atoms with van der Waals surface area (Å²) in [6, 6.07) is 8.63. The van der Waals surface area contributed by atoms with Gasteiger partial charge >= 0.3 is 0 Å². The second-order valence-electron chi connectivity index (χ2n) is 12.4. The summed E-state index contributed by atoms with van der Waals surface area (Å²) in [5.41, 5.74) is 2.55. The highest BCUT2D eigenvalue weighted by molar-refractivity contribution is 5.22. The largest absolute Gasteiger partial charge is 0.345 e.